The number of benzene rings is 2. The maximum absolute atomic E-state index is 12.7. The number of carbonyl (C=O) groups is 1. The first kappa shape index (κ1) is 21.9. The Balaban J connectivity index is 1.65. The molecule has 0 aliphatic heterocycles. The molecule has 1 aliphatic rings. The second kappa shape index (κ2) is 9.43. The molecule has 0 atom stereocenters. The molecule has 166 valence electrons. The molecule has 1 aliphatic carbocycles. The van der Waals surface area contributed by atoms with Gasteiger partial charge < -0.3 is 15.4 Å². The third kappa shape index (κ3) is 5.10. The van der Waals surface area contributed by atoms with Crippen molar-refractivity contribution >= 4 is 17.5 Å². The average Bonchev–Trinajstić information content (AvgIpc) is 3.62. The number of methoxy groups -OCH3 is 1. The Bertz CT molecular complexity index is 1090. The Labute approximate surface area is 190 Å². The molecule has 5 nitrogen and oxygen atoms in total. The summed E-state index contributed by atoms with van der Waals surface area (Å²) in [6.07, 6.45) is 4.46. The molecule has 0 bridgehead atoms. The Morgan fingerprint density at radius 2 is 1.78 bits per heavy atom. The van der Waals surface area contributed by atoms with Gasteiger partial charge >= 0.3 is 5.97 Å². The number of nitrogens with one attached hydrogen (secondary N) is 2. The highest BCUT2D eigenvalue weighted by atomic mass is 16.5. The lowest BCUT2D eigenvalue weighted by Gasteiger charge is -2.15. The topological polar surface area (TPSA) is 63.2 Å². The first-order chi connectivity index (χ1) is 15.4. The van der Waals surface area contributed by atoms with E-state index in [-0.39, 0.29) is 5.97 Å². The maximum Gasteiger partial charge on any atom is 0.338 e. The number of aromatic nitrogens is 1. The van der Waals surface area contributed by atoms with Crippen LogP contribution in [0.25, 0.3) is 22.3 Å². The lowest BCUT2D eigenvalue weighted by Crippen LogP contribution is -2.10. The molecule has 1 aromatic heterocycles. The minimum Gasteiger partial charge on any atom is -0.465 e. The number of aryl methyl sites for hydroxylation is 1. The van der Waals surface area contributed by atoms with Crippen LogP contribution in [-0.4, -0.2) is 30.6 Å². The normalized spacial score (nSPS) is 13.2. The van der Waals surface area contributed by atoms with Crippen molar-refractivity contribution < 1.29 is 9.53 Å². The van der Waals surface area contributed by atoms with Gasteiger partial charge in [0.2, 0.25) is 0 Å². The van der Waals surface area contributed by atoms with Crippen molar-refractivity contribution in [1.82, 2.24) is 4.98 Å². The van der Waals surface area contributed by atoms with Gasteiger partial charge in [0.1, 0.15) is 5.82 Å². The van der Waals surface area contributed by atoms with Gasteiger partial charge in [-0.15, -0.1) is 0 Å². The third-order valence-corrected chi connectivity index (χ3v) is 5.77. The largest absolute Gasteiger partial charge is 0.465 e. The van der Waals surface area contributed by atoms with Crippen LogP contribution in [0.4, 0.5) is 11.5 Å². The van der Waals surface area contributed by atoms with Gasteiger partial charge in [-0.2, -0.15) is 0 Å². The highest BCUT2D eigenvalue weighted by Gasteiger charge is 2.21. The summed E-state index contributed by atoms with van der Waals surface area (Å²) in [5, 5.41) is 6.79. The first-order valence-corrected chi connectivity index (χ1v) is 11.2. The predicted molar refractivity (Wildman–Crippen MR) is 131 cm³/mol. The number of esters is 1. The van der Waals surface area contributed by atoms with Gasteiger partial charge in [0.05, 0.1) is 12.7 Å². The monoisotopic (exact) mass is 429 g/mol. The molecule has 1 heterocycles. The quantitative estimate of drug-likeness (QED) is 0.420. The van der Waals surface area contributed by atoms with Crippen molar-refractivity contribution in [3.63, 3.8) is 0 Å². The summed E-state index contributed by atoms with van der Waals surface area (Å²) >= 11 is 0. The molecule has 1 fully saturated rings. The fraction of sp³-hybridized carbons (Fsp3) is 0.333. The van der Waals surface area contributed by atoms with Gasteiger partial charge in [-0.25, -0.2) is 9.78 Å². The Morgan fingerprint density at radius 3 is 2.38 bits per heavy atom. The summed E-state index contributed by atoms with van der Waals surface area (Å²) in [5.74, 6) is 1.29. The van der Waals surface area contributed by atoms with E-state index in [1.54, 1.807) is 6.20 Å². The first-order valence-electron chi connectivity index (χ1n) is 11.2. The van der Waals surface area contributed by atoms with Crippen molar-refractivity contribution in [3.05, 3.63) is 65.9 Å². The van der Waals surface area contributed by atoms with Gasteiger partial charge in [0, 0.05) is 30.0 Å². The number of anilines is 2. The average molecular weight is 430 g/mol. The lowest BCUT2D eigenvalue weighted by atomic mass is 9.91. The van der Waals surface area contributed by atoms with E-state index in [0.717, 1.165) is 51.8 Å². The number of rotatable bonds is 8. The predicted octanol–water partition coefficient (Wildman–Crippen LogP) is 6.15. The van der Waals surface area contributed by atoms with Crippen LogP contribution in [0, 0.1) is 12.8 Å². The van der Waals surface area contributed by atoms with Gasteiger partial charge in [-0.1, -0.05) is 12.1 Å². The minimum absolute atomic E-state index is 0.302. The number of hydrogen-bond donors (Lipinski definition) is 2. The number of hydrogen-bond acceptors (Lipinski definition) is 5. The Morgan fingerprint density at radius 1 is 1.06 bits per heavy atom. The zero-order valence-electron chi connectivity index (χ0n) is 19.2. The van der Waals surface area contributed by atoms with E-state index in [0.29, 0.717) is 11.6 Å². The van der Waals surface area contributed by atoms with E-state index in [2.05, 4.69) is 60.7 Å². The lowest BCUT2D eigenvalue weighted by molar-refractivity contribution is 0.0601. The van der Waals surface area contributed by atoms with Gasteiger partial charge in [-0.05, 0) is 98.2 Å². The second-order valence-electron chi connectivity index (χ2n) is 8.84. The van der Waals surface area contributed by atoms with E-state index in [4.69, 9.17) is 4.74 Å². The zero-order valence-corrected chi connectivity index (χ0v) is 19.2. The van der Waals surface area contributed by atoms with E-state index >= 15 is 0 Å². The van der Waals surface area contributed by atoms with Crippen molar-refractivity contribution in [2.24, 2.45) is 5.92 Å². The summed E-state index contributed by atoms with van der Waals surface area (Å²) < 4.78 is 5.10. The van der Waals surface area contributed by atoms with E-state index in [1.807, 2.05) is 24.3 Å². The third-order valence-electron chi connectivity index (χ3n) is 5.77. The van der Waals surface area contributed by atoms with Crippen LogP contribution >= 0.6 is 0 Å². The van der Waals surface area contributed by atoms with Crippen LogP contribution in [-0.2, 0) is 4.74 Å². The molecular formula is C27H31N3O2. The standard InChI is InChI=1S/C27H31N3O2/c1-17(2)30-26-12-9-21(16-29-26)24-13-18(3)23(14-25(24)27(31)32-4)20-7-10-22(11-8-20)28-15-19-5-6-19/h7-14,16-17,19,28H,5-6,15H2,1-4H3,(H,29,30). The van der Waals surface area contributed by atoms with Crippen molar-refractivity contribution in [1.29, 1.82) is 0 Å². The van der Waals surface area contributed by atoms with Gasteiger partial charge in [0.25, 0.3) is 0 Å². The number of nitrogens with zero attached hydrogens (tertiary/aromatic N) is 1. The molecule has 1 saturated carbocycles. The number of carbonyl (C=O) groups excluding carboxylic acids is 1. The molecule has 2 N–H and O–H groups in total. The summed E-state index contributed by atoms with van der Waals surface area (Å²) in [5.41, 5.74) is 6.56. The maximum atomic E-state index is 12.7. The molecule has 2 aromatic carbocycles. The smallest absolute Gasteiger partial charge is 0.338 e. The SMILES string of the molecule is COC(=O)c1cc(-c2ccc(NCC3CC3)cc2)c(C)cc1-c1ccc(NC(C)C)nc1. The Hall–Kier alpha value is -3.34. The molecule has 0 saturated heterocycles. The van der Waals surface area contributed by atoms with Gasteiger partial charge in [0.15, 0.2) is 0 Å². The molecular weight excluding hydrogens is 398 g/mol. The molecule has 0 radical (unpaired) electrons. The molecule has 5 heteroatoms. The van der Waals surface area contributed by atoms with Crippen LogP contribution in [0.5, 0.6) is 0 Å². The summed E-state index contributed by atoms with van der Waals surface area (Å²) in [4.78, 5) is 17.2. The van der Waals surface area contributed by atoms with Crippen molar-refractivity contribution in [2.45, 2.75) is 39.7 Å². The molecule has 0 amide bonds. The van der Waals surface area contributed by atoms with Crippen molar-refractivity contribution in [3.8, 4) is 22.3 Å². The molecule has 0 unspecified atom stereocenters. The highest BCUT2D eigenvalue weighted by molar-refractivity contribution is 5.99. The highest BCUT2D eigenvalue weighted by Crippen LogP contribution is 2.34. The molecule has 4 rings (SSSR count). The van der Waals surface area contributed by atoms with Crippen molar-refractivity contribution in [2.75, 3.05) is 24.3 Å². The molecule has 32 heavy (non-hydrogen) atoms. The zero-order chi connectivity index (χ0) is 22.7. The summed E-state index contributed by atoms with van der Waals surface area (Å²) in [6, 6.07) is 16.6. The summed E-state index contributed by atoms with van der Waals surface area (Å²) in [7, 11) is 1.42. The van der Waals surface area contributed by atoms with E-state index in [9.17, 15) is 4.79 Å². The molecule has 3 aromatic rings. The van der Waals surface area contributed by atoms with E-state index < -0.39 is 0 Å². The molecule has 0 spiro atoms. The fourth-order valence-corrected chi connectivity index (χ4v) is 3.82. The Kier molecular flexibility index (Phi) is 6.45. The van der Waals surface area contributed by atoms with Crippen LogP contribution in [0.2, 0.25) is 0 Å². The van der Waals surface area contributed by atoms with Crippen LogP contribution in [0.15, 0.2) is 54.7 Å². The van der Waals surface area contributed by atoms with E-state index in [1.165, 1.54) is 20.0 Å². The summed E-state index contributed by atoms with van der Waals surface area (Å²) in [6.45, 7) is 7.26. The van der Waals surface area contributed by atoms with Crippen LogP contribution < -0.4 is 10.6 Å². The fourth-order valence-electron chi connectivity index (χ4n) is 3.82. The van der Waals surface area contributed by atoms with Crippen LogP contribution in [0.3, 0.4) is 0 Å². The van der Waals surface area contributed by atoms with Crippen LogP contribution in [0.1, 0.15) is 42.6 Å². The minimum atomic E-state index is -0.353. The number of ether oxygens (including phenoxy) is 1. The number of pyridine rings is 1. The van der Waals surface area contributed by atoms with Gasteiger partial charge in [-0.3, -0.25) is 0 Å². The second-order valence-corrected chi connectivity index (χ2v) is 8.84.